The number of benzene rings is 2. The van der Waals surface area contributed by atoms with E-state index in [1.54, 1.807) is 0 Å². The summed E-state index contributed by atoms with van der Waals surface area (Å²) in [5, 5.41) is 0.779. The number of ether oxygens (including phenoxy) is 3. The van der Waals surface area contributed by atoms with Crippen LogP contribution in [-0.4, -0.2) is 55.1 Å². The van der Waals surface area contributed by atoms with Crippen LogP contribution >= 0.6 is 11.6 Å². The van der Waals surface area contributed by atoms with Crippen LogP contribution in [0.2, 0.25) is 5.02 Å². The monoisotopic (exact) mass is 654 g/mol. The number of anilines is 1. The van der Waals surface area contributed by atoms with Gasteiger partial charge in [0.2, 0.25) is 0 Å². The molecule has 3 aliphatic heterocycles. The Hall–Kier alpha value is -2.13. The van der Waals surface area contributed by atoms with E-state index in [-0.39, 0.29) is 23.5 Å². The molecule has 1 saturated heterocycles. The Morgan fingerprint density at radius 3 is 2.60 bits per heavy atom. The molecule has 1 saturated carbocycles. The molecule has 1 amide bonds. The van der Waals surface area contributed by atoms with Gasteiger partial charge in [-0.1, -0.05) is 31.5 Å². The lowest BCUT2D eigenvalue weighted by Gasteiger charge is -2.48. The number of nitrogens with zero attached hydrogens (tertiary/aromatic N) is 1. The molecule has 2 aliphatic carbocycles. The molecule has 3 heterocycles. The molecule has 244 valence electrons. The van der Waals surface area contributed by atoms with Gasteiger partial charge in [0.05, 0.1) is 25.5 Å². The average molecular weight is 655 g/mol. The molecule has 45 heavy (non-hydrogen) atoms. The average Bonchev–Trinajstić information content (AvgIpc) is 3.17. The lowest BCUT2D eigenvalue weighted by molar-refractivity contribution is -0.224. The van der Waals surface area contributed by atoms with Gasteiger partial charge in [-0.3, -0.25) is 9.52 Å². The molecular formula is C36H47ClN2O5S. The highest BCUT2D eigenvalue weighted by Gasteiger charge is 2.46. The van der Waals surface area contributed by atoms with Gasteiger partial charge < -0.3 is 19.1 Å². The Balaban J connectivity index is 1.27. The van der Waals surface area contributed by atoms with Gasteiger partial charge in [0, 0.05) is 40.8 Å². The minimum Gasteiger partial charge on any atom is -0.490 e. The molecule has 7 rings (SSSR count). The molecule has 0 radical (unpaired) electrons. The fourth-order valence-electron chi connectivity index (χ4n) is 8.58. The first-order valence-corrected chi connectivity index (χ1v) is 18.7. The van der Waals surface area contributed by atoms with E-state index in [9.17, 15) is 9.00 Å². The zero-order valence-corrected chi connectivity index (χ0v) is 28.2. The Morgan fingerprint density at radius 2 is 1.80 bits per heavy atom. The first kappa shape index (κ1) is 31.5. The zero-order chi connectivity index (χ0) is 31.1. The molecular weight excluding hydrogens is 608 g/mol. The van der Waals surface area contributed by atoms with E-state index in [0.29, 0.717) is 41.6 Å². The third-order valence-electron chi connectivity index (χ3n) is 11.5. The number of carbonyl (C=O) groups is 1. The standard InChI is InChI=1S/C36H47ClN2O5S/c1-23-6-10-30(35-42-15-4-16-43-35)29-11-7-27(29)19-39-21-36(14-3-5-25-17-28(37)9-12-31(25)36)22-44-33-13-8-26(18-32(33)39)34(40)38-45(41)20-24(23)2/h8-9,12-13,17-18,23-24,27,29-30,35H,3-7,10-11,14-16,19-22H2,1-2H3,(H,38,40)/t23-,24?,27?,29?,30?,36-,45?/m0/s1. The zero-order valence-electron chi connectivity index (χ0n) is 26.6. The number of hydrogen-bond acceptors (Lipinski definition) is 6. The van der Waals surface area contributed by atoms with Crippen molar-refractivity contribution < 1.29 is 23.2 Å². The van der Waals surface area contributed by atoms with E-state index in [0.717, 1.165) is 81.3 Å². The van der Waals surface area contributed by atoms with E-state index >= 15 is 0 Å². The number of fused-ring (bicyclic) bond motifs is 4. The Kier molecular flexibility index (Phi) is 9.21. The molecule has 2 aromatic rings. The van der Waals surface area contributed by atoms with Crippen molar-refractivity contribution in [2.24, 2.45) is 29.6 Å². The van der Waals surface area contributed by atoms with Crippen LogP contribution in [0.3, 0.4) is 0 Å². The maximum atomic E-state index is 13.4. The third kappa shape index (κ3) is 6.41. The minimum absolute atomic E-state index is 0.158. The summed E-state index contributed by atoms with van der Waals surface area (Å²) in [6.07, 6.45) is 8.33. The summed E-state index contributed by atoms with van der Waals surface area (Å²) in [6, 6.07) is 12.1. The van der Waals surface area contributed by atoms with Crippen LogP contribution in [0.5, 0.6) is 5.75 Å². The van der Waals surface area contributed by atoms with E-state index in [2.05, 4.69) is 35.6 Å². The summed E-state index contributed by atoms with van der Waals surface area (Å²) in [6.45, 7) is 8.20. The van der Waals surface area contributed by atoms with E-state index in [4.69, 9.17) is 25.8 Å². The highest BCUT2D eigenvalue weighted by atomic mass is 35.5. The number of aryl methyl sites for hydroxylation is 1. The van der Waals surface area contributed by atoms with Gasteiger partial charge in [0.25, 0.3) is 5.91 Å². The number of rotatable bonds is 1. The SMILES string of the molecule is CC1CS(=O)NC(=O)c2ccc3c(c2)N(CC2CCC2C(C2OCCCO2)CC[C@@H]1C)C[C@@]1(CCCc2cc(Cl)ccc21)CO3. The lowest BCUT2D eigenvalue weighted by Crippen LogP contribution is -2.50. The molecule has 9 heteroatoms. The van der Waals surface area contributed by atoms with Crippen molar-refractivity contribution in [2.45, 2.75) is 76.9 Å². The fourth-order valence-corrected chi connectivity index (χ4v) is 9.98. The van der Waals surface area contributed by atoms with Gasteiger partial charge in [-0.15, -0.1) is 0 Å². The molecule has 7 atom stereocenters. The highest BCUT2D eigenvalue weighted by Crippen LogP contribution is 2.49. The van der Waals surface area contributed by atoms with Gasteiger partial charge in [-0.25, -0.2) is 4.21 Å². The largest absolute Gasteiger partial charge is 0.490 e. The molecule has 0 aromatic heterocycles. The number of nitrogens with one attached hydrogen (secondary N) is 1. The molecule has 2 bridgehead atoms. The Morgan fingerprint density at radius 1 is 0.978 bits per heavy atom. The first-order valence-electron chi connectivity index (χ1n) is 17.0. The number of amides is 1. The quantitative estimate of drug-likeness (QED) is 0.370. The number of carbonyl (C=O) groups excluding carboxylic acids is 1. The number of halogens is 1. The van der Waals surface area contributed by atoms with Crippen molar-refractivity contribution in [3.05, 3.63) is 58.1 Å². The molecule has 2 aromatic carbocycles. The van der Waals surface area contributed by atoms with Crippen molar-refractivity contribution in [1.82, 2.24) is 4.72 Å². The summed E-state index contributed by atoms with van der Waals surface area (Å²) >= 11 is 6.46. The van der Waals surface area contributed by atoms with E-state index < -0.39 is 11.0 Å². The molecule has 1 N–H and O–H groups in total. The van der Waals surface area contributed by atoms with Crippen molar-refractivity contribution >= 4 is 34.2 Å². The third-order valence-corrected chi connectivity index (χ3v) is 13.0. The van der Waals surface area contributed by atoms with Gasteiger partial charge in [0.15, 0.2) is 6.29 Å². The first-order chi connectivity index (χ1) is 21.8. The molecule has 5 unspecified atom stereocenters. The maximum absolute atomic E-state index is 13.4. The van der Waals surface area contributed by atoms with E-state index in [1.165, 1.54) is 24.0 Å². The van der Waals surface area contributed by atoms with Crippen molar-refractivity contribution in [3.63, 3.8) is 0 Å². The second-order valence-electron chi connectivity index (χ2n) is 14.4. The van der Waals surface area contributed by atoms with Crippen LogP contribution in [-0.2, 0) is 32.3 Å². The predicted octanol–water partition coefficient (Wildman–Crippen LogP) is 6.68. The van der Waals surface area contributed by atoms with Gasteiger partial charge in [0.1, 0.15) is 16.7 Å². The van der Waals surface area contributed by atoms with Crippen LogP contribution in [0.25, 0.3) is 0 Å². The summed E-state index contributed by atoms with van der Waals surface area (Å²) in [5.41, 5.74) is 3.94. The van der Waals surface area contributed by atoms with Crippen LogP contribution in [0, 0.1) is 29.6 Å². The van der Waals surface area contributed by atoms with Crippen molar-refractivity contribution in [1.29, 1.82) is 0 Å². The maximum Gasteiger partial charge on any atom is 0.263 e. The van der Waals surface area contributed by atoms with Gasteiger partial charge >= 0.3 is 0 Å². The van der Waals surface area contributed by atoms with Crippen LogP contribution < -0.4 is 14.4 Å². The van der Waals surface area contributed by atoms with Crippen LogP contribution in [0.15, 0.2) is 36.4 Å². The topological polar surface area (TPSA) is 77.1 Å². The van der Waals surface area contributed by atoms with E-state index in [1.807, 2.05) is 24.3 Å². The summed E-state index contributed by atoms with van der Waals surface area (Å²) in [4.78, 5) is 15.9. The minimum atomic E-state index is -1.46. The Bertz CT molecular complexity index is 1430. The summed E-state index contributed by atoms with van der Waals surface area (Å²) in [7, 11) is -1.46. The Labute approximate surface area is 275 Å². The van der Waals surface area contributed by atoms with Gasteiger partial charge in [-0.05, 0) is 116 Å². The second-order valence-corrected chi connectivity index (χ2v) is 16.1. The number of hydrogen-bond donors (Lipinski definition) is 1. The second kappa shape index (κ2) is 13.2. The molecule has 5 aliphatic rings. The lowest BCUT2D eigenvalue weighted by atomic mass is 9.64. The van der Waals surface area contributed by atoms with Gasteiger partial charge in [-0.2, -0.15) is 0 Å². The molecule has 7 nitrogen and oxygen atoms in total. The van der Waals surface area contributed by atoms with Crippen LogP contribution in [0.4, 0.5) is 5.69 Å². The molecule has 2 fully saturated rings. The molecule has 1 spiro atoms. The van der Waals surface area contributed by atoms with Crippen molar-refractivity contribution in [2.75, 3.05) is 43.6 Å². The summed E-state index contributed by atoms with van der Waals surface area (Å²) < 4.78 is 35.2. The van der Waals surface area contributed by atoms with Crippen molar-refractivity contribution in [3.8, 4) is 5.75 Å². The smallest absolute Gasteiger partial charge is 0.263 e. The fraction of sp³-hybridized carbons (Fsp3) is 0.639. The summed E-state index contributed by atoms with van der Waals surface area (Å²) in [5.74, 6) is 2.86. The highest BCUT2D eigenvalue weighted by molar-refractivity contribution is 7.83. The normalized spacial score (nSPS) is 34.5. The van der Waals surface area contributed by atoms with Crippen LogP contribution in [0.1, 0.15) is 80.3 Å². The predicted molar refractivity (Wildman–Crippen MR) is 178 cm³/mol.